The van der Waals surface area contributed by atoms with Gasteiger partial charge in [0.15, 0.2) is 0 Å². The van der Waals surface area contributed by atoms with E-state index in [2.05, 4.69) is 0 Å². The molecule has 2 fully saturated rings. The Hall–Kier alpha value is -2.14. The first-order valence-electron chi connectivity index (χ1n) is 7.43. The summed E-state index contributed by atoms with van der Waals surface area (Å²) < 4.78 is 5.78. The Morgan fingerprint density at radius 3 is 2.64 bits per heavy atom. The van der Waals surface area contributed by atoms with E-state index in [1.807, 2.05) is 24.3 Å². The lowest BCUT2D eigenvalue weighted by Gasteiger charge is -2.25. The number of fused-ring (bicyclic) bond motifs is 2. The maximum Gasteiger partial charge on any atom is 0.328 e. The molecule has 3 rings (SSSR count). The molecule has 2 aliphatic rings. The molecule has 4 atom stereocenters. The van der Waals surface area contributed by atoms with Crippen LogP contribution in [0, 0.1) is 11.8 Å². The molecule has 2 N–H and O–H groups in total. The number of aliphatic carboxylic acids is 2. The second-order valence-electron chi connectivity index (χ2n) is 5.89. The Balaban J connectivity index is 1.84. The average molecular weight is 302 g/mol. The molecule has 22 heavy (non-hydrogen) atoms. The number of hydrogen-bond donors (Lipinski definition) is 2. The lowest BCUT2D eigenvalue weighted by molar-refractivity contribution is -0.144. The highest BCUT2D eigenvalue weighted by molar-refractivity contribution is 5.85. The van der Waals surface area contributed by atoms with Crippen LogP contribution in [0.15, 0.2) is 30.3 Å². The van der Waals surface area contributed by atoms with Crippen molar-refractivity contribution in [2.24, 2.45) is 11.8 Å². The standard InChI is InChI=1S/C17H18O5/c18-15(19)8-5-10-3-1-2-4-11(10)9-12-13-6-7-14(22-13)16(12)17(20)21/h1-5,8,12-14,16H,6-7,9H2,(H,18,19)(H,20,21)/t12-,13-,14+,16-/m1/s1. The Bertz CT molecular complexity index is 621. The van der Waals surface area contributed by atoms with Crippen LogP contribution in [0.25, 0.3) is 6.08 Å². The predicted molar refractivity (Wildman–Crippen MR) is 79.3 cm³/mol. The maximum absolute atomic E-state index is 11.5. The predicted octanol–water partition coefficient (Wildman–Crippen LogP) is 2.21. The number of carboxylic acids is 2. The first-order chi connectivity index (χ1) is 10.6. The smallest absolute Gasteiger partial charge is 0.328 e. The van der Waals surface area contributed by atoms with E-state index in [4.69, 9.17) is 9.84 Å². The molecule has 116 valence electrons. The highest BCUT2D eigenvalue weighted by Crippen LogP contribution is 2.45. The SMILES string of the molecule is O=C(O)C=Cc1ccccc1C[C@H]1[C@@H](C(=O)O)[C@@H]2CC[C@H]1O2. The lowest BCUT2D eigenvalue weighted by atomic mass is 9.75. The molecular weight excluding hydrogens is 284 g/mol. The van der Waals surface area contributed by atoms with Gasteiger partial charge in [-0.1, -0.05) is 24.3 Å². The van der Waals surface area contributed by atoms with E-state index in [9.17, 15) is 14.7 Å². The van der Waals surface area contributed by atoms with E-state index in [0.717, 1.165) is 30.0 Å². The molecule has 0 radical (unpaired) electrons. The first kappa shape index (κ1) is 14.8. The van der Waals surface area contributed by atoms with Crippen molar-refractivity contribution in [1.82, 2.24) is 0 Å². The van der Waals surface area contributed by atoms with Crippen LogP contribution in [-0.2, 0) is 20.7 Å². The maximum atomic E-state index is 11.5. The first-order valence-corrected chi connectivity index (χ1v) is 7.43. The van der Waals surface area contributed by atoms with Gasteiger partial charge in [0.2, 0.25) is 0 Å². The highest BCUT2D eigenvalue weighted by atomic mass is 16.5. The highest BCUT2D eigenvalue weighted by Gasteiger charge is 2.52. The summed E-state index contributed by atoms with van der Waals surface area (Å²) in [5.74, 6) is -2.30. The molecule has 5 heteroatoms. The van der Waals surface area contributed by atoms with Crippen molar-refractivity contribution in [2.45, 2.75) is 31.5 Å². The zero-order chi connectivity index (χ0) is 15.7. The van der Waals surface area contributed by atoms with Crippen LogP contribution < -0.4 is 0 Å². The number of benzene rings is 1. The van der Waals surface area contributed by atoms with E-state index in [-0.39, 0.29) is 18.1 Å². The summed E-state index contributed by atoms with van der Waals surface area (Å²) in [4.78, 5) is 22.2. The van der Waals surface area contributed by atoms with Gasteiger partial charge in [0.05, 0.1) is 18.1 Å². The normalized spacial score (nSPS) is 30.0. The molecule has 2 bridgehead atoms. The largest absolute Gasteiger partial charge is 0.481 e. The van der Waals surface area contributed by atoms with Gasteiger partial charge in [-0.15, -0.1) is 0 Å². The molecule has 2 heterocycles. The van der Waals surface area contributed by atoms with Crippen LogP contribution in [0.3, 0.4) is 0 Å². The number of hydrogen-bond acceptors (Lipinski definition) is 3. The van der Waals surface area contributed by atoms with Gasteiger partial charge in [0, 0.05) is 12.0 Å². The van der Waals surface area contributed by atoms with Crippen molar-refractivity contribution in [2.75, 3.05) is 0 Å². The Morgan fingerprint density at radius 1 is 1.18 bits per heavy atom. The third-order valence-electron chi connectivity index (χ3n) is 4.63. The van der Waals surface area contributed by atoms with Crippen LogP contribution in [0.2, 0.25) is 0 Å². The summed E-state index contributed by atoms with van der Waals surface area (Å²) in [6.45, 7) is 0. The molecule has 5 nitrogen and oxygen atoms in total. The van der Waals surface area contributed by atoms with Crippen LogP contribution in [-0.4, -0.2) is 34.4 Å². The van der Waals surface area contributed by atoms with Crippen molar-refractivity contribution in [3.05, 3.63) is 41.5 Å². The van der Waals surface area contributed by atoms with Gasteiger partial charge in [-0.05, 0) is 36.5 Å². The topological polar surface area (TPSA) is 83.8 Å². The number of rotatable bonds is 5. The summed E-state index contributed by atoms with van der Waals surface area (Å²) in [6, 6.07) is 7.50. The van der Waals surface area contributed by atoms with E-state index < -0.39 is 17.9 Å². The number of ether oxygens (including phenoxy) is 1. The van der Waals surface area contributed by atoms with Crippen molar-refractivity contribution >= 4 is 18.0 Å². The van der Waals surface area contributed by atoms with E-state index in [0.29, 0.717) is 6.42 Å². The van der Waals surface area contributed by atoms with Gasteiger partial charge in [0.25, 0.3) is 0 Å². The van der Waals surface area contributed by atoms with Gasteiger partial charge < -0.3 is 14.9 Å². The van der Waals surface area contributed by atoms with Crippen LogP contribution in [0.4, 0.5) is 0 Å². The summed E-state index contributed by atoms with van der Waals surface area (Å²) in [7, 11) is 0. The third kappa shape index (κ3) is 2.76. The molecular formula is C17H18O5. The van der Waals surface area contributed by atoms with Crippen LogP contribution >= 0.6 is 0 Å². The van der Waals surface area contributed by atoms with Gasteiger partial charge in [-0.2, -0.15) is 0 Å². The Kier molecular flexibility index (Phi) is 3.98. The van der Waals surface area contributed by atoms with Gasteiger partial charge in [0.1, 0.15) is 0 Å². The molecule has 0 unspecified atom stereocenters. The zero-order valence-electron chi connectivity index (χ0n) is 12.0. The van der Waals surface area contributed by atoms with E-state index >= 15 is 0 Å². The molecule has 0 aromatic heterocycles. The minimum Gasteiger partial charge on any atom is -0.481 e. The molecule has 1 aromatic carbocycles. The fourth-order valence-corrected chi connectivity index (χ4v) is 3.67. The second-order valence-corrected chi connectivity index (χ2v) is 5.89. The summed E-state index contributed by atoms with van der Waals surface area (Å²) in [6.07, 6.45) is 4.81. The van der Waals surface area contributed by atoms with Crippen LogP contribution in [0.5, 0.6) is 0 Å². The van der Waals surface area contributed by atoms with Crippen molar-refractivity contribution in [3.63, 3.8) is 0 Å². The van der Waals surface area contributed by atoms with Crippen molar-refractivity contribution in [3.8, 4) is 0 Å². The van der Waals surface area contributed by atoms with Crippen molar-refractivity contribution < 1.29 is 24.5 Å². The van der Waals surface area contributed by atoms with Gasteiger partial charge in [-0.3, -0.25) is 4.79 Å². The summed E-state index contributed by atoms with van der Waals surface area (Å²) >= 11 is 0. The van der Waals surface area contributed by atoms with Gasteiger partial charge in [-0.25, -0.2) is 4.79 Å². The second kappa shape index (κ2) is 5.93. The molecule has 2 saturated heterocycles. The average Bonchev–Trinajstić information content (AvgIpc) is 3.07. The van der Waals surface area contributed by atoms with E-state index in [1.54, 1.807) is 6.08 Å². The minimum absolute atomic E-state index is 0.00242. The molecule has 2 aliphatic heterocycles. The molecule has 0 aliphatic carbocycles. The molecule has 0 amide bonds. The van der Waals surface area contributed by atoms with Gasteiger partial charge >= 0.3 is 11.9 Å². The summed E-state index contributed by atoms with van der Waals surface area (Å²) in [5, 5.41) is 18.2. The number of carboxylic acid groups (broad SMARTS) is 2. The van der Waals surface area contributed by atoms with E-state index in [1.165, 1.54) is 0 Å². The fraction of sp³-hybridized carbons (Fsp3) is 0.412. The molecule has 1 aromatic rings. The quantitative estimate of drug-likeness (QED) is 0.815. The van der Waals surface area contributed by atoms with Crippen molar-refractivity contribution in [1.29, 1.82) is 0 Å². The monoisotopic (exact) mass is 302 g/mol. The number of carbonyl (C=O) groups is 2. The zero-order valence-corrected chi connectivity index (χ0v) is 12.0. The Morgan fingerprint density at radius 2 is 1.91 bits per heavy atom. The fourth-order valence-electron chi connectivity index (χ4n) is 3.67. The third-order valence-corrected chi connectivity index (χ3v) is 4.63. The molecule has 0 spiro atoms. The molecule has 0 saturated carbocycles. The van der Waals surface area contributed by atoms with Crippen LogP contribution in [0.1, 0.15) is 24.0 Å². The lowest BCUT2D eigenvalue weighted by Crippen LogP contribution is -2.34. The summed E-state index contributed by atoms with van der Waals surface area (Å²) in [5.41, 5.74) is 1.78. The minimum atomic E-state index is -0.999. The Labute approximate surface area is 128 Å².